The van der Waals surface area contributed by atoms with Gasteiger partial charge in [0.1, 0.15) is 5.75 Å². The van der Waals surface area contributed by atoms with E-state index >= 15 is 0 Å². The number of benzene rings is 2. The average molecular weight is 354 g/mol. The van der Waals surface area contributed by atoms with E-state index in [1.807, 2.05) is 54.6 Å². The molecular formula is C21H26N2O3. The Morgan fingerprint density at radius 1 is 0.962 bits per heavy atom. The molecule has 2 N–H and O–H groups in total. The number of anilines is 1. The molecule has 5 nitrogen and oxygen atoms in total. The summed E-state index contributed by atoms with van der Waals surface area (Å²) in [7, 11) is 0. The molecule has 0 saturated carbocycles. The number of carbonyl (C=O) groups is 2. The van der Waals surface area contributed by atoms with E-state index in [9.17, 15) is 9.59 Å². The molecule has 0 fully saturated rings. The predicted octanol–water partition coefficient (Wildman–Crippen LogP) is 3.41. The summed E-state index contributed by atoms with van der Waals surface area (Å²) in [5.74, 6) is 0.802. The Morgan fingerprint density at radius 3 is 2.38 bits per heavy atom. The van der Waals surface area contributed by atoms with Crippen molar-refractivity contribution >= 4 is 17.5 Å². The summed E-state index contributed by atoms with van der Waals surface area (Å²) < 4.78 is 5.72. The molecule has 2 aromatic carbocycles. The maximum atomic E-state index is 12.1. The number of ether oxygens (including phenoxy) is 1. The van der Waals surface area contributed by atoms with Crippen LogP contribution in [0.3, 0.4) is 0 Å². The number of rotatable bonds is 9. The summed E-state index contributed by atoms with van der Waals surface area (Å²) in [5.41, 5.74) is 1.60. The fourth-order valence-electron chi connectivity index (χ4n) is 2.32. The van der Waals surface area contributed by atoms with Crippen molar-refractivity contribution in [2.75, 3.05) is 18.5 Å². The van der Waals surface area contributed by atoms with Crippen LogP contribution in [0.1, 0.15) is 25.8 Å². The van der Waals surface area contributed by atoms with Crippen LogP contribution in [-0.2, 0) is 16.0 Å². The molecule has 0 atom stereocenters. The lowest BCUT2D eigenvalue weighted by atomic mass is 10.1. The summed E-state index contributed by atoms with van der Waals surface area (Å²) >= 11 is 0. The molecule has 0 aromatic heterocycles. The molecule has 0 aliphatic rings. The molecule has 0 spiro atoms. The SMILES string of the molecule is CC(C)COc1ccccc1NC(=O)CCNC(=O)Cc1ccccc1. The monoisotopic (exact) mass is 354 g/mol. The predicted molar refractivity (Wildman–Crippen MR) is 103 cm³/mol. The maximum Gasteiger partial charge on any atom is 0.226 e. The first-order valence-electron chi connectivity index (χ1n) is 8.87. The summed E-state index contributed by atoms with van der Waals surface area (Å²) in [6.07, 6.45) is 0.521. The Kier molecular flexibility index (Phi) is 7.68. The second kappa shape index (κ2) is 10.2. The highest BCUT2D eigenvalue weighted by atomic mass is 16.5. The number of carbonyl (C=O) groups excluding carboxylic acids is 2. The van der Waals surface area contributed by atoms with Gasteiger partial charge in [-0.2, -0.15) is 0 Å². The molecular weight excluding hydrogens is 328 g/mol. The van der Waals surface area contributed by atoms with Gasteiger partial charge in [0.2, 0.25) is 11.8 Å². The largest absolute Gasteiger partial charge is 0.491 e. The van der Waals surface area contributed by atoms with Crippen molar-refractivity contribution in [3.8, 4) is 5.75 Å². The van der Waals surface area contributed by atoms with Crippen molar-refractivity contribution in [1.82, 2.24) is 5.32 Å². The molecule has 2 aromatic rings. The van der Waals surface area contributed by atoms with Crippen molar-refractivity contribution < 1.29 is 14.3 Å². The van der Waals surface area contributed by atoms with Gasteiger partial charge in [0.05, 0.1) is 18.7 Å². The molecule has 0 radical (unpaired) electrons. The van der Waals surface area contributed by atoms with E-state index < -0.39 is 0 Å². The highest BCUT2D eigenvalue weighted by Gasteiger charge is 2.09. The Balaban J connectivity index is 1.76. The van der Waals surface area contributed by atoms with Crippen molar-refractivity contribution in [2.45, 2.75) is 26.7 Å². The fourth-order valence-corrected chi connectivity index (χ4v) is 2.32. The maximum absolute atomic E-state index is 12.1. The second-order valence-electron chi connectivity index (χ2n) is 6.51. The molecule has 5 heteroatoms. The zero-order chi connectivity index (χ0) is 18.8. The molecule has 138 valence electrons. The molecule has 0 saturated heterocycles. The van der Waals surface area contributed by atoms with E-state index in [1.165, 1.54) is 0 Å². The van der Waals surface area contributed by atoms with Gasteiger partial charge in [0.25, 0.3) is 0 Å². The third kappa shape index (κ3) is 6.97. The van der Waals surface area contributed by atoms with Crippen molar-refractivity contribution in [2.24, 2.45) is 5.92 Å². The van der Waals surface area contributed by atoms with Crippen LogP contribution < -0.4 is 15.4 Å². The van der Waals surface area contributed by atoms with Gasteiger partial charge in [0.15, 0.2) is 0 Å². The Labute approximate surface area is 154 Å². The van der Waals surface area contributed by atoms with Crippen LogP contribution in [0, 0.1) is 5.92 Å². The summed E-state index contributed by atoms with van der Waals surface area (Å²) in [6.45, 7) is 5.02. The Morgan fingerprint density at radius 2 is 1.65 bits per heavy atom. The minimum atomic E-state index is -0.161. The highest BCUT2D eigenvalue weighted by Crippen LogP contribution is 2.24. The highest BCUT2D eigenvalue weighted by molar-refractivity contribution is 5.92. The van der Waals surface area contributed by atoms with Gasteiger partial charge in [-0.15, -0.1) is 0 Å². The third-order valence-electron chi connectivity index (χ3n) is 3.62. The number of amides is 2. The van der Waals surface area contributed by atoms with Crippen LogP contribution in [0.4, 0.5) is 5.69 Å². The van der Waals surface area contributed by atoms with Gasteiger partial charge < -0.3 is 15.4 Å². The molecule has 0 heterocycles. The lowest BCUT2D eigenvalue weighted by Gasteiger charge is -2.14. The first kappa shape index (κ1) is 19.5. The first-order chi connectivity index (χ1) is 12.5. The number of para-hydroxylation sites is 2. The van der Waals surface area contributed by atoms with Gasteiger partial charge in [-0.25, -0.2) is 0 Å². The molecule has 0 bridgehead atoms. The number of nitrogens with one attached hydrogen (secondary N) is 2. The molecule has 0 aliphatic heterocycles. The second-order valence-corrected chi connectivity index (χ2v) is 6.51. The van der Waals surface area contributed by atoms with Gasteiger partial charge >= 0.3 is 0 Å². The minimum absolute atomic E-state index is 0.0929. The normalized spacial score (nSPS) is 10.4. The first-order valence-corrected chi connectivity index (χ1v) is 8.87. The summed E-state index contributed by atoms with van der Waals surface area (Å²) in [6, 6.07) is 16.9. The van der Waals surface area contributed by atoms with E-state index in [2.05, 4.69) is 24.5 Å². The van der Waals surface area contributed by atoms with Crippen LogP contribution in [0.5, 0.6) is 5.75 Å². The van der Waals surface area contributed by atoms with Crippen molar-refractivity contribution in [3.05, 3.63) is 60.2 Å². The average Bonchev–Trinajstić information content (AvgIpc) is 2.61. The zero-order valence-corrected chi connectivity index (χ0v) is 15.3. The van der Waals surface area contributed by atoms with Crippen LogP contribution >= 0.6 is 0 Å². The van der Waals surface area contributed by atoms with Crippen molar-refractivity contribution in [1.29, 1.82) is 0 Å². The molecule has 0 unspecified atom stereocenters. The van der Waals surface area contributed by atoms with E-state index in [0.717, 1.165) is 5.56 Å². The van der Waals surface area contributed by atoms with Crippen LogP contribution in [-0.4, -0.2) is 25.0 Å². The van der Waals surface area contributed by atoms with Crippen molar-refractivity contribution in [3.63, 3.8) is 0 Å². The zero-order valence-electron chi connectivity index (χ0n) is 15.3. The third-order valence-corrected chi connectivity index (χ3v) is 3.62. The molecule has 2 amide bonds. The van der Waals surface area contributed by atoms with Gasteiger partial charge in [0, 0.05) is 13.0 Å². The minimum Gasteiger partial charge on any atom is -0.491 e. The van der Waals surface area contributed by atoms with E-state index in [4.69, 9.17) is 4.74 Å². The van der Waals surface area contributed by atoms with Gasteiger partial charge in [-0.05, 0) is 23.6 Å². The smallest absolute Gasteiger partial charge is 0.226 e. The number of hydrogen-bond acceptors (Lipinski definition) is 3. The lowest BCUT2D eigenvalue weighted by molar-refractivity contribution is -0.120. The van der Waals surface area contributed by atoms with Crippen LogP contribution in [0.2, 0.25) is 0 Å². The van der Waals surface area contributed by atoms with Gasteiger partial charge in [-0.3, -0.25) is 9.59 Å². The van der Waals surface area contributed by atoms with E-state index in [0.29, 0.717) is 36.9 Å². The van der Waals surface area contributed by atoms with Crippen LogP contribution in [0.25, 0.3) is 0 Å². The van der Waals surface area contributed by atoms with E-state index in [-0.39, 0.29) is 18.2 Å². The Bertz CT molecular complexity index is 714. The molecule has 2 rings (SSSR count). The fraction of sp³-hybridized carbons (Fsp3) is 0.333. The topological polar surface area (TPSA) is 67.4 Å². The summed E-state index contributed by atoms with van der Waals surface area (Å²) in [4.78, 5) is 24.0. The molecule has 26 heavy (non-hydrogen) atoms. The van der Waals surface area contributed by atoms with Crippen LogP contribution in [0.15, 0.2) is 54.6 Å². The lowest BCUT2D eigenvalue weighted by Crippen LogP contribution is -2.28. The summed E-state index contributed by atoms with van der Waals surface area (Å²) in [5, 5.41) is 5.61. The van der Waals surface area contributed by atoms with E-state index in [1.54, 1.807) is 0 Å². The number of hydrogen-bond donors (Lipinski definition) is 2. The standard InChI is InChI=1S/C21H26N2O3/c1-16(2)15-26-19-11-7-6-10-18(19)23-20(24)12-13-22-21(25)14-17-8-4-3-5-9-17/h3-11,16H,12-15H2,1-2H3,(H,22,25)(H,23,24). The van der Waals surface area contributed by atoms with Gasteiger partial charge in [-0.1, -0.05) is 56.3 Å². The Hall–Kier alpha value is -2.82. The quantitative estimate of drug-likeness (QED) is 0.725. The molecule has 0 aliphatic carbocycles.